The second kappa shape index (κ2) is 9.17. The van der Waals surface area contributed by atoms with Gasteiger partial charge in [-0.05, 0) is 37.5 Å². The third kappa shape index (κ3) is 4.93. The number of likely N-dealkylation sites (tertiary alicyclic amines) is 1. The largest absolute Gasteiger partial charge is 0.378 e. The minimum Gasteiger partial charge on any atom is -0.378 e. The van der Waals surface area contributed by atoms with Gasteiger partial charge in [0.2, 0.25) is 5.91 Å². The lowest BCUT2D eigenvalue weighted by Crippen LogP contribution is -2.43. The highest BCUT2D eigenvalue weighted by molar-refractivity contribution is 5.99. The number of benzene rings is 1. The summed E-state index contributed by atoms with van der Waals surface area (Å²) in [5.74, 6) is -0.00434. The summed E-state index contributed by atoms with van der Waals surface area (Å²) >= 11 is 0. The van der Waals surface area contributed by atoms with Gasteiger partial charge in [-0.15, -0.1) is 12.4 Å². The molecule has 2 heterocycles. The van der Waals surface area contributed by atoms with Gasteiger partial charge in [0.05, 0.1) is 13.2 Å². The molecule has 1 aromatic rings. The molecule has 0 spiro atoms. The molecular weight excluding hydrogens is 342 g/mol. The lowest BCUT2D eigenvalue weighted by Gasteiger charge is -2.23. The Morgan fingerprint density at radius 2 is 2.08 bits per heavy atom. The molecule has 0 aliphatic carbocycles. The van der Waals surface area contributed by atoms with Crippen molar-refractivity contribution in [1.29, 1.82) is 0 Å². The number of morpholine rings is 1. The molecule has 0 saturated carbocycles. The van der Waals surface area contributed by atoms with Crippen LogP contribution in [-0.4, -0.2) is 55.6 Å². The number of hydrogen-bond donors (Lipinski definition) is 2. The first kappa shape index (κ1) is 19.7. The van der Waals surface area contributed by atoms with E-state index in [-0.39, 0.29) is 30.3 Å². The van der Waals surface area contributed by atoms with Gasteiger partial charge in [0.15, 0.2) is 0 Å². The average molecular weight is 368 g/mol. The van der Waals surface area contributed by atoms with Crippen molar-refractivity contribution in [2.24, 2.45) is 0 Å². The summed E-state index contributed by atoms with van der Waals surface area (Å²) in [6.45, 7) is 5.56. The molecule has 7 heteroatoms. The van der Waals surface area contributed by atoms with Crippen molar-refractivity contribution in [3.63, 3.8) is 0 Å². The molecule has 1 unspecified atom stereocenters. The van der Waals surface area contributed by atoms with Crippen LogP contribution in [0.2, 0.25) is 0 Å². The second-order valence-corrected chi connectivity index (χ2v) is 6.46. The zero-order valence-corrected chi connectivity index (χ0v) is 15.4. The number of amides is 2. The highest BCUT2D eigenvalue weighted by Gasteiger charge is 2.22. The summed E-state index contributed by atoms with van der Waals surface area (Å²) in [4.78, 5) is 26.8. The number of ether oxygens (including phenoxy) is 1. The molecule has 0 radical (unpaired) electrons. The Morgan fingerprint density at radius 1 is 1.32 bits per heavy atom. The van der Waals surface area contributed by atoms with Crippen LogP contribution in [-0.2, 0) is 9.53 Å². The lowest BCUT2D eigenvalue weighted by atomic mass is 10.0. The fraction of sp³-hybridized carbons (Fsp3) is 0.556. The first-order valence-corrected chi connectivity index (χ1v) is 8.65. The van der Waals surface area contributed by atoms with Crippen LogP contribution in [0.3, 0.4) is 0 Å². The van der Waals surface area contributed by atoms with Gasteiger partial charge in [-0.25, -0.2) is 0 Å². The summed E-state index contributed by atoms with van der Waals surface area (Å²) in [5, 5.41) is 6.21. The van der Waals surface area contributed by atoms with Crippen molar-refractivity contribution < 1.29 is 14.3 Å². The fourth-order valence-corrected chi connectivity index (χ4v) is 3.27. The number of carbonyl (C=O) groups excluding carboxylic acids is 2. The number of carbonyl (C=O) groups is 2. The molecule has 1 atom stereocenters. The topological polar surface area (TPSA) is 70.7 Å². The van der Waals surface area contributed by atoms with Crippen molar-refractivity contribution in [3.05, 3.63) is 29.3 Å². The molecule has 2 aliphatic rings. The molecule has 0 bridgehead atoms. The Hall–Kier alpha value is -1.63. The first-order chi connectivity index (χ1) is 11.6. The molecule has 2 aliphatic heterocycles. The van der Waals surface area contributed by atoms with Crippen LogP contribution in [0.4, 0.5) is 5.69 Å². The van der Waals surface area contributed by atoms with Crippen LogP contribution in [0.1, 0.15) is 35.2 Å². The van der Waals surface area contributed by atoms with Crippen LogP contribution < -0.4 is 10.6 Å². The molecule has 2 N–H and O–H groups in total. The van der Waals surface area contributed by atoms with Crippen LogP contribution in [0.5, 0.6) is 0 Å². The van der Waals surface area contributed by atoms with Crippen LogP contribution >= 0.6 is 12.4 Å². The maximum Gasteiger partial charge on any atom is 0.254 e. The Bertz CT molecular complexity index is 612. The molecule has 0 aromatic heterocycles. The van der Waals surface area contributed by atoms with Gasteiger partial charge in [-0.3, -0.25) is 9.59 Å². The third-order valence-corrected chi connectivity index (χ3v) is 4.66. The molecule has 6 nitrogen and oxygen atoms in total. The van der Waals surface area contributed by atoms with Gasteiger partial charge in [0, 0.05) is 43.3 Å². The van der Waals surface area contributed by atoms with Crippen molar-refractivity contribution in [2.75, 3.05) is 38.2 Å². The van der Waals surface area contributed by atoms with E-state index in [1.54, 1.807) is 0 Å². The molecule has 2 saturated heterocycles. The van der Waals surface area contributed by atoms with Crippen molar-refractivity contribution in [2.45, 2.75) is 32.2 Å². The van der Waals surface area contributed by atoms with Gasteiger partial charge in [0.25, 0.3) is 5.91 Å². The van der Waals surface area contributed by atoms with Crippen LogP contribution in [0.15, 0.2) is 18.2 Å². The molecule has 3 rings (SSSR count). The van der Waals surface area contributed by atoms with E-state index >= 15 is 0 Å². The van der Waals surface area contributed by atoms with Gasteiger partial charge < -0.3 is 20.3 Å². The number of nitrogens with one attached hydrogen (secondary N) is 2. The highest BCUT2D eigenvalue weighted by atomic mass is 35.5. The second-order valence-electron chi connectivity index (χ2n) is 6.46. The fourth-order valence-electron chi connectivity index (χ4n) is 3.27. The average Bonchev–Trinajstić information content (AvgIpc) is 3.11. The maximum absolute atomic E-state index is 12.6. The van der Waals surface area contributed by atoms with E-state index in [9.17, 15) is 9.59 Å². The normalized spacial score (nSPS) is 20.0. The smallest absolute Gasteiger partial charge is 0.254 e. The van der Waals surface area contributed by atoms with E-state index in [1.165, 1.54) is 0 Å². The zero-order chi connectivity index (χ0) is 16.9. The van der Waals surface area contributed by atoms with Crippen LogP contribution in [0, 0.1) is 6.92 Å². The van der Waals surface area contributed by atoms with Crippen molar-refractivity contribution >= 4 is 29.9 Å². The highest BCUT2D eigenvalue weighted by Crippen LogP contribution is 2.22. The Balaban J connectivity index is 0.00000225. The van der Waals surface area contributed by atoms with Crippen molar-refractivity contribution in [3.8, 4) is 0 Å². The molecule has 25 heavy (non-hydrogen) atoms. The molecule has 1 aromatic carbocycles. The predicted molar refractivity (Wildman–Crippen MR) is 99.4 cm³/mol. The molecule has 138 valence electrons. The summed E-state index contributed by atoms with van der Waals surface area (Å²) in [5.41, 5.74) is 2.21. The minimum atomic E-state index is -0.0631. The quantitative estimate of drug-likeness (QED) is 0.853. The van der Waals surface area contributed by atoms with E-state index in [4.69, 9.17) is 4.74 Å². The first-order valence-electron chi connectivity index (χ1n) is 8.65. The van der Waals surface area contributed by atoms with Crippen LogP contribution in [0.25, 0.3) is 0 Å². The standard InChI is InChI=1S/C18H25N3O3.ClH/c1-13-15(18(23)21-8-2-3-9-21)5-4-6-16(13)20-17(22)11-14-12-24-10-7-19-14;/h4-6,14,19H,2-3,7-12H2,1H3,(H,20,22);1H. The summed E-state index contributed by atoms with van der Waals surface area (Å²) in [6, 6.07) is 5.56. The number of hydrogen-bond acceptors (Lipinski definition) is 4. The summed E-state index contributed by atoms with van der Waals surface area (Å²) in [6.07, 6.45) is 2.50. The Kier molecular flexibility index (Phi) is 7.23. The maximum atomic E-state index is 12.6. The number of rotatable bonds is 4. The molecule has 2 fully saturated rings. The van der Waals surface area contributed by atoms with E-state index in [1.807, 2.05) is 30.0 Å². The van der Waals surface area contributed by atoms with Gasteiger partial charge in [0.1, 0.15) is 0 Å². The summed E-state index contributed by atoms with van der Waals surface area (Å²) < 4.78 is 5.37. The third-order valence-electron chi connectivity index (χ3n) is 4.66. The SMILES string of the molecule is Cc1c(NC(=O)CC2COCCN2)cccc1C(=O)N1CCCC1.Cl. The van der Waals surface area contributed by atoms with Crippen molar-refractivity contribution in [1.82, 2.24) is 10.2 Å². The zero-order valence-electron chi connectivity index (χ0n) is 14.5. The lowest BCUT2D eigenvalue weighted by molar-refractivity contribution is -0.117. The minimum absolute atomic E-state index is 0. The summed E-state index contributed by atoms with van der Waals surface area (Å²) in [7, 11) is 0. The van der Waals surface area contributed by atoms with Gasteiger partial charge in [-0.2, -0.15) is 0 Å². The molecular formula is C18H26ClN3O3. The predicted octanol–water partition coefficient (Wildman–Crippen LogP) is 1.97. The Morgan fingerprint density at radius 3 is 2.76 bits per heavy atom. The van der Waals surface area contributed by atoms with Gasteiger partial charge >= 0.3 is 0 Å². The van der Waals surface area contributed by atoms with E-state index in [0.29, 0.717) is 30.9 Å². The molecule has 2 amide bonds. The van der Waals surface area contributed by atoms with Gasteiger partial charge in [-0.1, -0.05) is 6.07 Å². The van der Waals surface area contributed by atoms with E-state index in [0.717, 1.165) is 38.0 Å². The number of nitrogens with zero attached hydrogens (tertiary/aromatic N) is 1. The monoisotopic (exact) mass is 367 g/mol. The number of anilines is 1. The number of halogens is 1. The van der Waals surface area contributed by atoms with E-state index in [2.05, 4.69) is 10.6 Å². The van der Waals surface area contributed by atoms with E-state index < -0.39 is 0 Å². The Labute approximate surface area is 154 Å².